The van der Waals surface area contributed by atoms with Crippen molar-refractivity contribution in [3.63, 3.8) is 0 Å². The number of hydrogen-bond acceptors (Lipinski definition) is 3. The van der Waals surface area contributed by atoms with Gasteiger partial charge in [0.25, 0.3) is 0 Å². The number of benzene rings is 3. The van der Waals surface area contributed by atoms with Crippen molar-refractivity contribution in [3.8, 4) is 22.6 Å². The molecule has 0 unspecified atom stereocenters. The monoisotopic (exact) mass is 486 g/mol. The number of aromatic carboxylic acids is 1. The maximum Gasteiger partial charge on any atom is 0.335 e. The highest BCUT2D eigenvalue weighted by Gasteiger charge is 2.21. The molecule has 1 fully saturated rings. The van der Waals surface area contributed by atoms with E-state index in [2.05, 4.69) is 31.4 Å². The van der Waals surface area contributed by atoms with E-state index >= 15 is 0 Å². The molecule has 36 heavy (non-hydrogen) atoms. The summed E-state index contributed by atoms with van der Waals surface area (Å²) in [7, 11) is 0. The molecule has 188 valence electrons. The third-order valence-electron chi connectivity index (χ3n) is 6.53. The van der Waals surface area contributed by atoms with E-state index in [-0.39, 0.29) is 23.1 Å². The molecule has 0 spiro atoms. The zero-order valence-electron chi connectivity index (χ0n) is 21.1. The summed E-state index contributed by atoms with van der Waals surface area (Å²) in [6.07, 6.45) is 5.43. The van der Waals surface area contributed by atoms with Crippen molar-refractivity contribution in [1.29, 1.82) is 0 Å². The summed E-state index contributed by atoms with van der Waals surface area (Å²) in [5, 5.41) is 15.5. The van der Waals surface area contributed by atoms with E-state index in [0.717, 1.165) is 48.1 Å². The number of rotatable bonds is 6. The second-order valence-corrected chi connectivity index (χ2v) is 10.4. The van der Waals surface area contributed by atoms with Crippen LogP contribution in [0.2, 0.25) is 0 Å². The van der Waals surface area contributed by atoms with Crippen LogP contribution in [0.15, 0.2) is 66.7 Å². The van der Waals surface area contributed by atoms with Crippen molar-refractivity contribution < 1.29 is 19.4 Å². The summed E-state index contributed by atoms with van der Waals surface area (Å²) in [5.41, 5.74) is 3.18. The average Bonchev–Trinajstić information content (AvgIpc) is 2.85. The summed E-state index contributed by atoms with van der Waals surface area (Å²) in [6.45, 7) is 6.39. The van der Waals surface area contributed by atoms with Gasteiger partial charge in [-0.05, 0) is 59.7 Å². The lowest BCUT2D eigenvalue weighted by atomic mass is 9.86. The first-order valence-corrected chi connectivity index (χ1v) is 12.5. The SMILES string of the molecule is CC(C)(C)c1ccccc1Oc1ccc(-c2cccc(C(=O)O)c2)cc1NC(=O)NC1CCCCC1. The number of ether oxygens (including phenoxy) is 1. The van der Waals surface area contributed by atoms with Crippen molar-refractivity contribution in [3.05, 3.63) is 77.9 Å². The first-order chi connectivity index (χ1) is 17.2. The quantitative estimate of drug-likeness (QED) is 0.335. The van der Waals surface area contributed by atoms with E-state index in [4.69, 9.17) is 4.74 Å². The molecule has 1 aliphatic carbocycles. The molecular formula is C30H34N2O4. The van der Waals surface area contributed by atoms with Gasteiger partial charge in [0.15, 0.2) is 5.75 Å². The van der Waals surface area contributed by atoms with Crippen molar-refractivity contribution in [2.75, 3.05) is 5.32 Å². The molecule has 4 rings (SSSR count). The van der Waals surface area contributed by atoms with E-state index in [1.54, 1.807) is 18.2 Å². The highest BCUT2D eigenvalue weighted by atomic mass is 16.5. The summed E-state index contributed by atoms with van der Waals surface area (Å²) < 4.78 is 6.37. The van der Waals surface area contributed by atoms with E-state index in [9.17, 15) is 14.7 Å². The number of carbonyl (C=O) groups excluding carboxylic acids is 1. The number of urea groups is 1. The van der Waals surface area contributed by atoms with Crippen LogP contribution in [-0.2, 0) is 5.41 Å². The number of amides is 2. The minimum atomic E-state index is -0.985. The van der Waals surface area contributed by atoms with Gasteiger partial charge in [0, 0.05) is 11.6 Å². The fourth-order valence-electron chi connectivity index (χ4n) is 4.61. The normalized spacial score (nSPS) is 14.2. The van der Waals surface area contributed by atoms with Crippen LogP contribution in [0.25, 0.3) is 11.1 Å². The number of para-hydroxylation sites is 1. The van der Waals surface area contributed by atoms with Crippen LogP contribution in [0, 0.1) is 0 Å². The first-order valence-electron chi connectivity index (χ1n) is 12.5. The van der Waals surface area contributed by atoms with Gasteiger partial charge in [0.2, 0.25) is 0 Å². The number of carboxylic acid groups (broad SMARTS) is 1. The Bertz CT molecular complexity index is 1240. The molecular weight excluding hydrogens is 452 g/mol. The molecule has 3 aromatic rings. The van der Waals surface area contributed by atoms with Gasteiger partial charge in [-0.25, -0.2) is 9.59 Å². The Kier molecular flexibility index (Phi) is 7.63. The van der Waals surface area contributed by atoms with Gasteiger partial charge >= 0.3 is 12.0 Å². The zero-order chi connectivity index (χ0) is 25.7. The minimum Gasteiger partial charge on any atom is -0.478 e. The molecule has 0 heterocycles. The number of anilines is 1. The van der Waals surface area contributed by atoms with Crippen LogP contribution in [0.4, 0.5) is 10.5 Å². The number of nitrogens with one attached hydrogen (secondary N) is 2. The molecule has 1 aliphatic rings. The van der Waals surface area contributed by atoms with Gasteiger partial charge in [-0.3, -0.25) is 0 Å². The Labute approximate surface area is 212 Å². The lowest BCUT2D eigenvalue weighted by Gasteiger charge is -2.24. The second kappa shape index (κ2) is 10.9. The number of carbonyl (C=O) groups is 2. The van der Waals surface area contributed by atoms with Crippen molar-refractivity contribution in [2.45, 2.75) is 64.3 Å². The lowest BCUT2D eigenvalue weighted by Crippen LogP contribution is -2.39. The van der Waals surface area contributed by atoms with Gasteiger partial charge in [0.1, 0.15) is 5.75 Å². The molecule has 0 aliphatic heterocycles. The second-order valence-electron chi connectivity index (χ2n) is 10.4. The van der Waals surface area contributed by atoms with E-state index in [1.165, 1.54) is 6.42 Å². The van der Waals surface area contributed by atoms with E-state index in [0.29, 0.717) is 11.4 Å². The average molecular weight is 487 g/mol. The van der Waals surface area contributed by atoms with Crippen LogP contribution in [0.3, 0.4) is 0 Å². The van der Waals surface area contributed by atoms with Crippen LogP contribution in [-0.4, -0.2) is 23.1 Å². The molecule has 0 aromatic heterocycles. The fraction of sp³-hybridized carbons (Fsp3) is 0.333. The molecule has 0 saturated heterocycles. The summed E-state index contributed by atoms with van der Waals surface area (Å²) in [6, 6.07) is 20.1. The lowest BCUT2D eigenvalue weighted by molar-refractivity contribution is 0.0697. The Hall–Kier alpha value is -3.80. The van der Waals surface area contributed by atoms with E-state index in [1.807, 2.05) is 48.5 Å². The van der Waals surface area contributed by atoms with Crippen LogP contribution < -0.4 is 15.4 Å². The number of carboxylic acids is 1. The zero-order valence-corrected chi connectivity index (χ0v) is 21.1. The molecule has 3 aromatic carbocycles. The Balaban J connectivity index is 1.68. The molecule has 6 heteroatoms. The summed E-state index contributed by atoms with van der Waals surface area (Å²) in [5.74, 6) is 0.255. The molecule has 2 amide bonds. The minimum absolute atomic E-state index is 0.125. The predicted octanol–water partition coefficient (Wildman–Crippen LogP) is 7.60. The Morgan fingerprint density at radius 2 is 1.58 bits per heavy atom. The Morgan fingerprint density at radius 3 is 2.31 bits per heavy atom. The Morgan fingerprint density at radius 1 is 0.861 bits per heavy atom. The van der Waals surface area contributed by atoms with Gasteiger partial charge in [-0.1, -0.05) is 76.4 Å². The third-order valence-corrected chi connectivity index (χ3v) is 6.53. The summed E-state index contributed by atoms with van der Waals surface area (Å²) >= 11 is 0. The standard InChI is InChI=1S/C30H34N2O4/c1-30(2,3)24-14-7-8-15-26(24)36-27-17-16-21(20-10-9-11-22(18-20)28(33)34)19-25(27)32-29(35)31-23-12-5-4-6-13-23/h7-11,14-19,23H,4-6,12-13H2,1-3H3,(H,33,34)(H2,31,32,35). The van der Waals surface area contributed by atoms with Crippen molar-refractivity contribution >= 4 is 17.7 Å². The third kappa shape index (κ3) is 6.25. The van der Waals surface area contributed by atoms with Crippen LogP contribution >= 0.6 is 0 Å². The van der Waals surface area contributed by atoms with Crippen molar-refractivity contribution in [2.24, 2.45) is 0 Å². The maximum absolute atomic E-state index is 12.9. The molecule has 0 bridgehead atoms. The highest BCUT2D eigenvalue weighted by molar-refractivity contribution is 5.93. The van der Waals surface area contributed by atoms with Gasteiger partial charge in [-0.2, -0.15) is 0 Å². The molecule has 1 saturated carbocycles. The smallest absolute Gasteiger partial charge is 0.335 e. The number of hydrogen-bond donors (Lipinski definition) is 3. The van der Waals surface area contributed by atoms with Gasteiger partial charge in [0.05, 0.1) is 11.3 Å². The van der Waals surface area contributed by atoms with Gasteiger partial charge in [-0.15, -0.1) is 0 Å². The highest BCUT2D eigenvalue weighted by Crippen LogP contribution is 2.38. The predicted molar refractivity (Wildman–Crippen MR) is 143 cm³/mol. The van der Waals surface area contributed by atoms with Crippen LogP contribution in [0.1, 0.15) is 68.8 Å². The largest absolute Gasteiger partial charge is 0.478 e. The topological polar surface area (TPSA) is 87.7 Å². The molecule has 0 radical (unpaired) electrons. The van der Waals surface area contributed by atoms with Gasteiger partial charge < -0.3 is 20.5 Å². The molecule has 6 nitrogen and oxygen atoms in total. The molecule has 0 atom stereocenters. The summed E-state index contributed by atoms with van der Waals surface area (Å²) in [4.78, 5) is 24.4. The fourth-order valence-corrected chi connectivity index (χ4v) is 4.61. The molecule has 3 N–H and O–H groups in total. The maximum atomic E-state index is 12.9. The van der Waals surface area contributed by atoms with E-state index < -0.39 is 5.97 Å². The van der Waals surface area contributed by atoms with Crippen LogP contribution in [0.5, 0.6) is 11.5 Å². The van der Waals surface area contributed by atoms with Crippen molar-refractivity contribution in [1.82, 2.24) is 5.32 Å². The first kappa shape index (κ1) is 25.3.